The van der Waals surface area contributed by atoms with Crippen LogP contribution in [0.25, 0.3) is 0 Å². The summed E-state index contributed by atoms with van der Waals surface area (Å²) >= 11 is 0. The fourth-order valence-electron chi connectivity index (χ4n) is 7.73. The van der Waals surface area contributed by atoms with Crippen LogP contribution in [0.1, 0.15) is 70.0 Å². The zero-order valence-corrected chi connectivity index (χ0v) is 24.7. The summed E-state index contributed by atoms with van der Waals surface area (Å²) < 4.78 is 23.8. The highest BCUT2D eigenvalue weighted by molar-refractivity contribution is 5.91. The summed E-state index contributed by atoms with van der Waals surface area (Å²) in [6.07, 6.45) is 4.86. The van der Waals surface area contributed by atoms with Crippen molar-refractivity contribution >= 4 is 5.97 Å². The van der Waals surface area contributed by atoms with Gasteiger partial charge in [0.25, 0.3) is 0 Å². The first-order valence-electron chi connectivity index (χ1n) is 15.5. The van der Waals surface area contributed by atoms with Gasteiger partial charge in [-0.1, -0.05) is 78.9 Å². The Morgan fingerprint density at radius 3 is 2.14 bits per heavy atom. The maximum absolute atomic E-state index is 15.1. The summed E-state index contributed by atoms with van der Waals surface area (Å²) in [5.41, 5.74) is 7.37. The van der Waals surface area contributed by atoms with Crippen LogP contribution in [0, 0.1) is 0 Å². The van der Waals surface area contributed by atoms with Crippen LogP contribution in [0.3, 0.4) is 0 Å². The molecule has 4 aliphatic rings. The second-order valence-corrected chi connectivity index (χ2v) is 11.9. The normalized spacial score (nSPS) is 21.4. The largest absolute Gasteiger partial charge is 0.491 e. The molecule has 0 saturated heterocycles. The highest BCUT2D eigenvalue weighted by Crippen LogP contribution is 2.63. The van der Waals surface area contributed by atoms with Gasteiger partial charge in [0.05, 0.1) is 19.8 Å². The molecule has 2 bridgehead atoms. The smallest absolute Gasteiger partial charge is 0.323 e. The van der Waals surface area contributed by atoms with Crippen molar-refractivity contribution in [2.24, 2.45) is 0 Å². The number of hydrogen-bond donors (Lipinski definition) is 0. The maximum atomic E-state index is 15.1. The van der Waals surface area contributed by atoms with Crippen molar-refractivity contribution in [1.82, 2.24) is 0 Å². The van der Waals surface area contributed by atoms with Crippen LogP contribution in [0.4, 0.5) is 0 Å². The van der Waals surface area contributed by atoms with Gasteiger partial charge in [-0.25, -0.2) is 0 Å². The molecule has 0 aromatic heterocycles. The van der Waals surface area contributed by atoms with E-state index in [0.29, 0.717) is 44.3 Å². The molecule has 1 unspecified atom stereocenters. The molecule has 4 aliphatic carbocycles. The number of esters is 1. The van der Waals surface area contributed by atoms with Crippen LogP contribution >= 0.6 is 0 Å². The van der Waals surface area contributed by atoms with Gasteiger partial charge in [-0.05, 0) is 77.6 Å². The van der Waals surface area contributed by atoms with E-state index in [2.05, 4.69) is 60.7 Å². The summed E-state index contributed by atoms with van der Waals surface area (Å²) in [4.78, 5) is 15.1. The number of carbonyl (C=O) groups is 1. The van der Waals surface area contributed by atoms with E-state index in [1.807, 2.05) is 30.3 Å². The van der Waals surface area contributed by atoms with Gasteiger partial charge in [0, 0.05) is 24.5 Å². The molecule has 1 atom stereocenters. The molecule has 5 heteroatoms. The lowest BCUT2D eigenvalue weighted by Crippen LogP contribution is -2.52. The summed E-state index contributed by atoms with van der Waals surface area (Å²) in [6, 6.07) is 31.4. The third-order valence-corrected chi connectivity index (χ3v) is 9.59. The lowest BCUT2D eigenvalue weighted by molar-refractivity contribution is -0.143. The van der Waals surface area contributed by atoms with Crippen LogP contribution < -0.4 is 9.47 Å². The van der Waals surface area contributed by atoms with Gasteiger partial charge in [-0.2, -0.15) is 0 Å². The van der Waals surface area contributed by atoms with Gasteiger partial charge in [0.2, 0.25) is 0 Å². The summed E-state index contributed by atoms with van der Waals surface area (Å²) in [7, 11) is 1.66. The Labute approximate surface area is 253 Å². The minimum Gasteiger partial charge on any atom is -0.491 e. The quantitative estimate of drug-likeness (QED) is 0.115. The van der Waals surface area contributed by atoms with Gasteiger partial charge in [0.1, 0.15) is 23.5 Å². The third kappa shape index (κ3) is 4.85. The van der Waals surface area contributed by atoms with E-state index in [9.17, 15) is 0 Å². The molecule has 43 heavy (non-hydrogen) atoms. The molecule has 4 aromatic rings. The van der Waals surface area contributed by atoms with Crippen LogP contribution in [-0.2, 0) is 32.5 Å². The number of rotatable bonds is 10. The molecular formula is C38H38O5. The summed E-state index contributed by atoms with van der Waals surface area (Å²) in [6.45, 7) is 1.86. The molecular weight excluding hydrogens is 536 g/mol. The van der Waals surface area contributed by atoms with Crippen LogP contribution in [0.15, 0.2) is 91.0 Å². The Bertz CT molecular complexity index is 1580. The molecule has 8 rings (SSSR count). The molecule has 0 fully saturated rings. The van der Waals surface area contributed by atoms with E-state index in [0.717, 1.165) is 24.8 Å². The van der Waals surface area contributed by atoms with Gasteiger partial charge >= 0.3 is 5.97 Å². The van der Waals surface area contributed by atoms with Crippen molar-refractivity contribution in [2.75, 3.05) is 33.5 Å². The highest BCUT2D eigenvalue weighted by Gasteiger charge is 2.59. The lowest BCUT2D eigenvalue weighted by atomic mass is 9.50. The van der Waals surface area contributed by atoms with E-state index < -0.39 is 5.41 Å². The Hall–Kier alpha value is -3.93. The number of carbonyl (C=O) groups excluding carboxylic acids is 1. The van der Waals surface area contributed by atoms with Crippen molar-refractivity contribution in [3.8, 4) is 11.5 Å². The van der Waals surface area contributed by atoms with Gasteiger partial charge in [-0.15, -0.1) is 0 Å². The first kappa shape index (κ1) is 27.9. The van der Waals surface area contributed by atoms with Crippen LogP contribution in [-0.4, -0.2) is 39.5 Å². The highest BCUT2D eigenvalue weighted by atomic mass is 16.5. The van der Waals surface area contributed by atoms with Crippen LogP contribution in [0.2, 0.25) is 0 Å². The van der Waals surface area contributed by atoms with Crippen molar-refractivity contribution < 1.29 is 23.7 Å². The molecule has 5 nitrogen and oxygen atoms in total. The van der Waals surface area contributed by atoms with E-state index in [4.69, 9.17) is 18.9 Å². The summed E-state index contributed by atoms with van der Waals surface area (Å²) in [5, 5.41) is 0. The number of ether oxygens (including phenoxy) is 4. The number of aryl methyl sites for hydroxylation is 1. The van der Waals surface area contributed by atoms with Crippen molar-refractivity contribution in [3.63, 3.8) is 0 Å². The Balaban J connectivity index is 1.35. The molecule has 0 aliphatic heterocycles. The predicted octanol–water partition coefficient (Wildman–Crippen LogP) is 7.13. The molecule has 0 N–H and O–H groups in total. The second kappa shape index (κ2) is 12.0. The number of methoxy groups -OCH3 is 1. The second-order valence-electron chi connectivity index (χ2n) is 11.9. The lowest BCUT2D eigenvalue weighted by Gasteiger charge is -2.52. The standard InChI is InChI=1S/C38H38O5/c1-40-21-22-41-23-24-42-35-19-9-8-18-33(35)38(37(39)43-34-20-10-12-26-11-2-3-13-27(26)34)25-32-28-14-4-6-16-30(28)36(38)31-17-7-5-15-29(31)32/h4-10,12,14-20,32,36H,2-3,11,13,21-25H2,1H3. The fraction of sp³-hybridized carbons (Fsp3) is 0.342. The number of hydrogen-bond acceptors (Lipinski definition) is 5. The van der Waals surface area contributed by atoms with E-state index in [1.54, 1.807) is 7.11 Å². The first-order valence-corrected chi connectivity index (χ1v) is 15.5. The van der Waals surface area contributed by atoms with Gasteiger partial charge in [0.15, 0.2) is 0 Å². The van der Waals surface area contributed by atoms with E-state index in [1.165, 1.54) is 39.8 Å². The molecule has 0 saturated carbocycles. The molecule has 4 aromatic carbocycles. The van der Waals surface area contributed by atoms with Crippen molar-refractivity contribution in [3.05, 3.63) is 130 Å². The molecule has 220 valence electrons. The van der Waals surface area contributed by atoms with Gasteiger partial charge in [-0.3, -0.25) is 4.79 Å². The van der Waals surface area contributed by atoms with Crippen molar-refractivity contribution in [2.45, 2.75) is 49.4 Å². The number of benzene rings is 4. The van der Waals surface area contributed by atoms with Gasteiger partial charge < -0.3 is 18.9 Å². The zero-order chi connectivity index (χ0) is 29.2. The van der Waals surface area contributed by atoms with E-state index in [-0.39, 0.29) is 17.8 Å². The Morgan fingerprint density at radius 2 is 1.37 bits per heavy atom. The zero-order valence-electron chi connectivity index (χ0n) is 24.7. The number of fused-ring (bicyclic) bond motifs is 2. The summed E-state index contributed by atoms with van der Waals surface area (Å²) in [5.74, 6) is 1.06. The van der Waals surface area contributed by atoms with E-state index >= 15 is 4.79 Å². The first-order chi connectivity index (χ1) is 21.2. The monoisotopic (exact) mass is 574 g/mol. The minimum absolute atomic E-state index is 0.0695. The number of para-hydroxylation sites is 1. The topological polar surface area (TPSA) is 54.0 Å². The molecule has 0 radical (unpaired) electrons. The minimum atomic E-state index is -0.974. The molecule has 0 amide bonds. The molecule has 0 heterocycles. The van der Waals surface area contributed by atoms with Crippen molar-refractivity contribution in [1.29, 1.82) is 0 Å². The SMILES string of the molecule is COCCOCCOc1ccccc1C1(C(=O)Oc2cccc3c2CCCC3)CC2c3ccccc3C1c1ccccc12. The Morgan fingerprint density at radius 1 is 0.721 bits per heavy atom. The predicted molar refractivity (Wildman–Crippen MR) is 166 cm³/mol. The molecule has 0 spiro atoms. The van der Waals surface area contributed by atoms with Crippen LogP contribution in [0.5, 0.6) is 11.5 Å². The average Bonchev–Trinajstić information content (AvgIpc) is 3.06. The Kier molecular flexibility index (Phi) is 7.77. The average molecular weight is 575 g/mol. The fourth-order valence-corrected chi connectivity index (χ4v) is 7.73. The third-order valence-electron chi connectivity index (χ3n) is 9.59. The maximum Gasteiger partial charge on any atom is 0.323 e.